The van der Waals surface area contributed by atoms with Crippen LogP contribution < -0.4 is 0 Å². The lowest BCUT2D eigenvalue weighted by molar-refractivity contribution is -0.142. The van der Waals surface area contributed by atoms with Gasteiger partial charge in [0, 0.05) is 6.20 Å². The minimum Gasteiger partial charge on any atom is -0.230 e. The molecule has 0 aliphatic rings. The minimum absolute atomic E-state index is 0.107. The third-order valence-corrected chi connectivity index (χ3v) is 2.32. The fourth-order valence-corrected chi connectivity index (χ4v) is 1.40. The van der Waals surface area contributed by atoms with E-state index >= 15 is 0 Å². The van der Waals surface area contributed by atoms with Crippen LogP contribution in [-0.2, 0) is 6.18 Å². The predicted octanol–water partition coefficient (Wildman–Crippen LogP) is 2.98. The molecule has 1 rings (SSSR count). The Labute approximate surface area is 85.1 Å². The molecule has 1 heterocycles. The van der Waals surface area contributed by atoms with Crippen molar-refractivity contribution in [1.82, 2.24) is 9.97 Å². The van der Waals surface area contributed by atoms with Crippen molar-refractivity contribution in [1.29, 1.82) is 0 Å². The highest BCUT2D eigenvalue weighted by molar-refractivity contribution is 9.10. The van der Waals surface area contributed by atoms with Gasteiger partial charge < -0.3 is 0 Å². The van der Waals surface area contributed by atoms with Gasteiger partial charge in [-0.25, -0.2) is 9.97 Å². The van der Waals surface area contributed by atoms with Crippen molar-refractivity contribution < 1.29 is 13.2 Å². The molecule has 1 aromatic heterocycles. The molecule has 7 heteroatoms. The molecule has 0 spiro atoms. The van der Waals surface area contributed by atoms with E-state index in [1.54, 1.807) is 6.26 Å². The van der Waals surface area contributed by atoms with Crippen LogP contribution in [0.3, 0.4) is 0 Å². The van der Waals surface area contributed by atoms with Crippen LogP contribution in [0.15, 0.2) is 15.8 Å². The third kappa shape index (κ3) is 2.57. The van der Waals surface area contributed by atoms with Crippen molar-refractivity contribution in [2.45, 2.75) is 11.3 Å². The van der Waals surface area contributed by atoms with E-state index in [0.29, 0.717) is 0 Å². The average molecular weight is 273 g/mol. The summed E-state index contributed by atoms with van der Waals surface area (Å²) in [6, 6.07) is 0. The quantitative estimate of drug-likeness (QED) is 0.581. The zero-order valence-corrected chi connectivity index (χ0v) is 8.79. The van der Waals surface area contributed by atoms with Crippen molar-refractivity contribution in [3.05, 3.63) is 16.4 Å². The summed E-state index contributed by atoms with van der Waals surface area (Å²) in [4.78, 5) is 7.02. The van der Waals surface area contributed by atoms with Gasteiger partial charge in [-0.3, -0.25) is 0 Å². The number of rotatable bonds is 1. The molecule has 0 unspecified atom stereocenters. The average Bonchev–Trinajstić information content (AvgIpc) is 2.03. The Bertz CT molecular complexity index is 315. The lowest BCUT2D eigenvalue weighted by Crippen LogP contribution is -2.10. The molecule has 0 aliphatic carbocycles. The van der Waals surface area contributed by atoms with E-state index in [1.165, 1.54) is 0 Å². The van der Waals surface area contributed by atoms with Crippen LogP contribution in [0.1, 0.15) is 5.69 Å². The van der Waals surface area contributed by atoms with Gasteiger partial charge in [-0.2, -0.15) is 13.2 Å². The Kier molecular flexibility index (Phi) is 3.18. The predicted molar refractivity (Wildman–Crippen MR) is 46.5 cm³/mol. The van der Waals surface area contributed by atoms with Crippen molar-refractivity contribution in [2.24, 2.45) is 0 Å². The number of alkyl halides is 3. The van der Waals surface area contributed by atoms with Gasteiger partial charge in [0.2, 0.25) is 0 Å². The van der Waals surface area contributed by atoms with Gasteiger partial charge in [-0.05, 0) is 22.2 Å². The van der Waals surface area contributed by atoms with Crippen molar-refractivity contribution >= 4 is 27.7 Å². The summed E-state index contributed by atoms with van der Waals surface area (Å²) in [6.45, 7) is 0. The molecule has 0 aromatic carbocycles. The summed E-state index contributed by atoms with van der Waals surface area (Å²) in [5.74, 6) is 0. The fourth-order valence-electron chi connectivity index (χ4n) is 0.648. The first-order valence-corrected chi connectivity index (χ1v) is 5.10. The molecule has 0 saturated heterocycles. The molecule has 0 aliphatic heterocycles. The summed E-state index contributed by atoms with van der Waals surface area (Å²) >= 11 is 3.81. The molecule has 0 saturated carbocycles. The van der Waals surface area contributed by atoms with Gasteiger partial charge in [0.15, 0.2) is 10.9 Å². The number of aromatic nitrogens is 2. The lowest BCUT2D eigenvalue weighted by Gasteiger charge is -2.07. The van der Waals surface area contributed by atoms with Crippen LogP contribution in [0.25, 0.3) is 0 Å². The van der Waals surface area contributed by atoms with E-state index in [1.807, 2.05) is 0 Å². The van der Waals surface area contributed by atoms with E-state index in [4.69, 9.17) is 0 Å². The molecule has 1 aromatic rings. The van der Waals surface area contributed by atoms with Crippen molar-refractivity contribution in [2.75, 3.05) is 6.26 Å². The standard InChI is InChI=1S/C6H4BrF3N2S/c1-13-5-11-2-3(7)4(12-5)6(8,9)10/h2H,1H3. The highest BCUT2D eigenvalue weighted by atomic mass is 79.9. The van der Waals surface area contributed by atoms with Gasteiger partial charge in [-0.1, -0.05) is 11.8 Å². The first-order chi connectivity index (χ1) is 5.95. The van der Waals surface area contributed by atoms with E-state index in [0.717, 1.165) is 18.0 Å². The Hall–Kier alpha value is -0.300. The minimum atomic E-state index is -4.44. The van der Waals surface area contributed by atoms with Crippen LogP contribution in [0.2, 0.25) is 0 Å². The smallest absolute Gasteiger partial charge is 0.230 e. The van der Waals surface area contributed by atoms with E-state index < -0.39 is 11.9 Å². The molecule has 0 N–H and O–H groups in total. The highest BCUT2D eigenvalue weighted by Gasteiger charge is 2.35. The topological polar surface area (TPSA) is 25.8 Å². The molecule has 0 atom stereocenters. The first-order valence-electron chi connectivity index (χ1n) is 3.09. The molecule has 2 nitrogen and oxygen atoms in total. The zero-order chi connectivity index (χ0) is 10.1. The van der Waals surface area contributed by atoms with Crippen LogP contribution in [0.5, 0.6) is 0 Å². The van der Waals surface area contributed by atoms with Crippen LogP contribution in [0, 0.1) is 0 Å². The van der Waals surface area contributed by atoms with Crippen molar-refractivity contribution in [3.63, 3.8) is 0 Å². The first kappa shape index (κ1) is 10.8. The molecule has 0 radical (unpaired) electrons. The summed E-state index contributed by atoms with van der Waals surface area (Å²) < 4.78 is 36.6. The molecule has 0 fully saturated rings. The summed E-state index contributed by atoms with van der Waals surface area (Å²) in [5.41, 5.74) is -0.938. The molecular weight excluding hydrogens is 269 g/mol. The summed E-state index contributed by atoms with van der Waals surface area (Å²) in [5, 5.41) is 0.107. The Morgan fingerprint density at radius 2 is 2.08 bits per heavy atom. The van der Waals surface area contributed by atoms with Gasteiger partial charge in [-0.15, -0.1) is 0 Å². The fraction of sp³-hybridized carbons (Fsp3) is 0.333. The molecule has 0 amide bonds. The second kappa shape index (κ2) is 3.83. The van der Waals surface area contributed by atoms with Gasteiger partial charge in [0.1, 0.15) is 0 Å². The molecule has 13 heavy (non-hydrogen) atoms. The second-order valence-corrected chi connectivity index (χ2v) is 3.68. The Balaban J connectivity index is 3.19. The van der Waals surface area contributed by atoms with Crippen LogP contribution >= 0.6 is 27.7 Å². The number of thioether (sulfide) groups is 1. The zero-order valence-electron chi connectivity index (χ0n) is 6.39. The summed E-state index contributed by atoms with van der Waals surface area (Å²) in [6.07, 6.45) is -1.72. The largest absolute Gasteiger partial charge is 0.434 e. The number of hydrogen-bond donors (Lipinski definition) is 0. The molecular formula is C6H4BrF3N2S. The van der Waals surface area contributed by atoms with Gasteiger partial charge in [0.05, 0.1) is 4.47 Å². The van der Waals surface area contributed by atoms with E-state index in [2.05, 4.69) is 25.9 Å². The van der Waals surface area contributed by atoms with E-state index in [9.17, 15) is 13.2 Å². The molecule has 0 bridgehead atoms. The second-order valence-electron chi connectivity index (χ2n) is 2.05. The SMILES string of the molecule is CSc1ncc(Br)c(C(F)(F)F)n1. The third-order valence-electron chi connectivity index (χ3n) is 1.17. The van der Waals surface area contributed by atoms with Crippen LogP contribution in [0.4, 0.5) is 13.2 Å². The number of nitrogens with zero attached hydrogens (tertiary/aromatic N) is 2. The van der Waals surface area contributed by atoms with Gasteiger partial charge >= 0.3 is 6.18 Å². The van der Waals surface area contributed by atoms with E-state index in [-0.39, 0.29) is 9.63 Å². The maximum atomic E-state index is 12.2. The number of halogens is 4. The monoisotopic (exact) mass is 272 g/mol. The summed E-state index contributed by atoms with van der Waals surface area (Å²) in [7, 11) is 0. The lowest BCUT2D eigenvalue weighted by atomic mass is 10.4. The highest BCUT2D eigenvalue weighted by Crippen LogP contribution is 2.33. The number of hydrogen-bond acceptors (Lipinski definition) is 3. The van der Waals surface area contributed by atoms with Crippen LogP contribution in [-0.4, -0.2) is 16.2 Å². The Morgan fingerprint density at radius 1 is 1.46 bits per heavy atom. The normalized spacial score (nSPS) is 11.8. The Morgan fingerprint density at radius 3 is 2.54 bits per heavy atom. The molecule has 72 valence electrons. The van der Waals surface area contributed by atoms with Gasteiger partial charge in [0.25, 0.3) is 0 Å². The van der Waals surface area contributed by atoms with Crippen molar-refractivity contribution in [3.8, 4) is 0 Å². The maximum absolute atomic E-state index is 12.2. The maximum Gasteiger partial charge on any atom is 0.434 e.